The highest BCUT2D eigenvalue weighted by Gasteiger charge is 2.32. The van der Waals surface area contributed by atoms with Crippen molar-refractivity contribution in [3.63, 3.8) is 0 Å². The molecule has 148 valence electrons. The number of halogens is 2. The Labute approximate surface area is 171 Å². The number of hydrogen-bond donors (Lipinski definition) is 0. The highest BCUT2D eigenvalue weighted by atomic mass is 35.5. The van der Waals surface area contributed by atoms with E-state index in [0.717, 1.165) is 5.56 Å². The molecule has 0 aromatic carbocycles. The maximum absolute atomic E-state index is 12.4. The van der Waals surface area contributed by atoms with Gasteiger partial charge in [0.25, 0.3) is 0 Å². The Bertz CT molecular complexity index is 939. The van der Waals surface area contributed by atoms with Gasteiger partial charge in [-0.1, -0.05) is 23.2 Å². The van der Waals surface area contributed by atoms with Crippen LogP contribution in [0.25, 0.3) is 11.5 Å². The number of tetrazole rings is 1. The number of amides is 2. The lowest BCUT2D eigenvalue weighted by Gasteiger charge is -2.41. The molecule has 1 atom stereocenters. The summed E-state index contributed by atoms with van der Waals surface area (Å²) in [7, 11) is 1.65. The van der Waals surface area contributed by atoms with Gasteiger partial charge in [-0.15, -0.1) is 10.2 Å². The lowest BCUT2D eigenvalue weighted by molar-refractivity contribution is -0.139. The van der Waals surface area contributed by atoms with Crippen LogP contribution in [0.15, 0.2) is 23.2 Å². The Hall–Kier alpha value is -2.52. The van der Waals surface area contributed by atoms with Crippen LogP contribution < -0.4 is 0 Å². The maximum atomic E-state index is 12.4. The largest absolute Gasteiger partial charge is 0.335 e. The minimum atomic E-state index is -0.379. The van der Waals surface area contributed by atoms with Gasteiger partial charge in [-0.3, -0.25) is 9.59 Å². The lowest BCUT2D eigenvalue weighted by atomic mass is 10.0. The van der Waals surface area contributed by atoms with Gasteiger partial charge >= 0.3 is 0 Å². The molecule has 9 nitrogen and oxygen atoms in total. The lowest BCUT2D eigenvalue weighted by Crippen LogP contribution is -2.51. The first-order valence-corrected chi connectivity index (χ1v) is 9.32. The molecule has 11 heteroatoms. The van der Waals surface area contributed by atoms with Crippen LogP contribution in [0.3, 0.4) is 0 Å². The van der Waals surface area contributed by atoms with Crippen molar-refractivity contribution in [3.8, 4) is 11.5 Å². The number of aromatic nitrogens is 5. The molecule has 0 spiro atoms. The van der Waals surface area contributed by atoms with Crippen molar-refractivity contribution in [1.82, 2.24) is 35.0 Å². The molecule has 2 amide bonds. The van der Waals surface area contributed by atoms with Crippen molar-refractivity contribution < 1.29 is 9.59 Å². The molecule has 28 heavy (non-hydrogen) atoms. The molecule has 3 rings (SSSR count). The number of piperazine rings is 1. The van der Waals surface area contributed by atoms with E-state index in [1.54, 1.807) is 35.9 Å². The van der Waals surface area contributed by atoms with Crippen molar-refractivity contribution in [2.45, 2.75) is 19.9 Å². The van der Waals surface area contributed by atoms with Gasteiger partial charge in [0.1, 0.15) is 10.8 Å². The fraction of sp³-hybridized carbons (Fsp3) is 0.412. The van der Waals surface area contributed by atoms with Crippen LogP contribution in [0, 0.1) is 0 Å². The van der Waals surface area contributed by atoms with Crippen LogP contribution in [-0.4, -0.2) is 66.4 Å². The number of carbonyl (C=O) groups is 2. The molecule has 2 aromatic rings. The maximum Gasteiger partial charge on any atom is 0.247 e. The number of allylic oxidation sites excluding steroid dienone is 1. The molecular weight excluding hydrogens is 405 g/mol. The number of nitrogens with zero attached hydrogens (tertiary/aromatic N) is 7. The van der Waals surface area contributed by atoms with Gasteiger partial charge in [-0.2, -0.15) is 4.80 Å². The molecular formula is C17H19Cl2N7O2. The summed E-state index contributed by atoms with van der Waals surface area (Å²) >= 11 is 12.1. The third-order valence-electron chi connectivity index (χ3n) is 4.36. The van der Waals surface area contributed by atoms with Gasteiger partial charge in [-0.05, 0) is 29.8 Å². The predicted molar refractivity (Wildman–Crippen MR) is 103 cm³/mol. The molecule has 0 unspecified atom stereocenters. The molecule has 1 saturated heterocycles. The molecule has 0 aliphatic carbocycles. The summed E-state index contributed by atoms with van der Waals surface area (Å²) < 4.78 is 0. The predicted octanol–water partition coefficient (Wildman–Crippen LogP) is 1.80. The molecule has 0 radical (unpaired) electrons. The van der Waals surface area contributed by atoms with Crippen molar-refractivity contribution in [3.05, 3.63) is 34.0 Å². The quantitative estimate of drug-likeness (QED) is 0.551. The molecule has 0 N–H and O–H groups in total. The molecule has 0 saturated carbocycles. The smallest absolute Gasteiger partial charge is 0.247 e. The zero-order chi connectivity index (χ0) is 20.4. The van der Waals surface area contributed by atoms with Crippen LogP contribution in [0.4, 0.5) is 0 Å². The second kappa shape index (κ2) is 8.24. The molecule has 1 aliphatic heterocycles. The van der Waals surface area contributed by atoms with Crippen LogP contribution in [-0.2, 0) is 16.6 Å². The van der Waals surface area contributed by atoms with Gasteiger partial charge in [0.15, 0.2) is 0 Å². The van der Waals surface area contributed by atoms with Crippen LogP contribution in [0.5, 0.6) is 0 Å². The molecule has 1 aliphatic rings. The van der Waals surface area contributed by atoms with Crippen LogP contribution in [0.1, 0.15) is 25.5 Å². The number of carbonyl (C=O) groups excluding carboxylic acids is 2. The normalized spacial score (nSPS) is 17.8. The van der Waals surface area contributed by atoms with Gasteiger partial charge in [0.05, 0.1) is 13.1 Å². The zero-order valence-corrected chi connectivity index (χ0v) is 17.1. The summed E-state index contributed by atoms with van der Waals surface area (Å²) in [5, 5.41) is 12.5. The average Bonchev–Trinajstić information content (AvgIpc) is 3.06. The van der Waals surface area contributed by atoms with Crippen molar-refractivity contribution in [2.75, 3.05) is 19.6 Å². The van der Waals surface area contributed by atoms with E-state index in [-0.39, 0.29) is 23.0 Å². The third kappa shape index (κ3) is 4.48. The fourth-order valence-corrected chi connectivity index (χ4v) is 3.43. The topological polar surface area (TPSA) is 97.1 Å². The van der Waals surface area contributed by atoms with E-state index in [4.69, 9.17) is 23.2 Å². The monoisotopic (exact) mass is 423 g/mol. The number of rotatable bonds is 3. The molecule has 2 aromatic heterocycles. The SMILES string of the molecule is CC(=O)N1CCN(C(=O)/C=C(\C)Cl)C[C@H]1c1cc(Cl)nc(-c2nnn(C)n2)c1. The first-order valence-electron chi connectivity index (χ1n) is 8.56. The molecule has 1 fully saturated rings. The average molecular weight is 424 g/mol. The van der Waals surface area contributed by atoms with Gasteiger partial charge in [0, 0.05) is 37.7 Å². The van der Waals surface area contributed by atoms with Crippen molar-refractivity contribution >= 4 is 35.0 Å². The highest BCUT2D eigenvalue weighted by Crippen LogP contribution is 2.29. The Morgan fingerprint density at radius 3 is 2.61 bits per heavy atom. The second-order valence-corrected chi connectivity index (χ2v) is 7.44. The van der Waals surface area contributed by atoms with Gasteiger partial charge < -0.3 is 9.80 Å². The summed E-state index contributed by atoms with van der Waals surface area (Å²) in [6.07, 6.45) is 1.37. The fourth-order valence-electron chi connectivity index (χ4n) is 3.12. The Kier molecular flexibility index (Phi) is 5.95. The first-order chi connectivity index (χ1) is 13.2. The van der Waals surface area contributed by atoms with E-state index in [1.807, 2.05) is 0 Å². The van der Waals surface area contributed by atoms with E-state index < -0.39 is 0 Å². The van der Waals surface area contributed by atoms with E-state index in [0.29, 0.717) is 36.2 Å². The second-order valence-electron chi connectivity index (χ2n) is 6.45. The van der Waals surface area contributed by atoms with E-state index in [1.165, 1.54) is 17.8 Å². The standard InChI is InChI=1S/C17H19Cl2N7O2/c1-10(18)6-16(28)25-4-5-26(11(2)27)14(9-25)12-7-13(20-15(19)8-12)17-21-23-24(3)22-17/h6-8,14H,4-5,9H2,1-3H3/b10-6+/t14-/m0/s1. The Morgan fingerprint density at radius 2 is 2.00 bits per heavy atom. The minimum Gasteiger partial charge on any atom is -0.335 e. The van der Waals surface area contributed by atoms with Gasteiger partial charge in [-0.25, -0.2) is 4.98 Å². The highest BCUT2D eigenvalue weighted by molar-refractivity contribution is 6.30. The van der Waals surface area contributed by atoms with E-state index in [9.17, 15) is 9.59 Å². The summed E-state index contributed by atoms with van der Waals surface area (Å²) in [5.74, 6) is 0.0370. The van der Waals surface area contributed by atoms with Crippen LogP contribution >= 0.6 is 23.2 Å². The zero-order valence-electron chi connectivity index (χ0n) is 15.6. The van der Waals surface area contributed by atoms with Crippen molar-refractivity contribution in [2.24, 2.45) is 7.05 Å². The summed E-state index contributed by atoms with van der Waals surface area (Å²) in [6, 6.07) is 3.06. The third-order valence-corrected chi connectivity index (χ3v) is 4.66. The van der Waals surface area contributed by atoms with Gasteiger partial charge in [0.2, 0.25) is 17.6 Å². The number of aryl methyl sites for hydroxylation is 1. The number of pyridine rings is 1. The summed E-state index contributed by atoms with van der Waals surface area (Å²) in [6.45, 7) is 4.28. The van der Waals surface area contributed by atoms with E-state index in [2.05, 4.69) is 20.4 Å². The van der Waals surface area contributed by atoms with Crippen LogP contribution in [0.2, 0.25) is 5.15 Å². The minimum absolute atomic E-state index is 0.0896. The molecule has 0 bridgehead atoms. The summed E-state index contributed by atoms with van der Waals surface area (Å²) in [4.78, 5) is 33.5. The molecule has 3 heterocycles. The number of hydrogen-bond acceptors (Lipinski definition) is 6. The van der Waals surface area contributed by atoms with Crippen molar-refractivity contribution in [1.29, 1.82) is 0 Å². The summed E-state index contributed by atoms with van der Waals surface area (Å²) in [5.41, 5.74) is 1.18. The first kappa shape index (κ1) is 20.2. The Balaban J connectivity index is 1.97. The van der Waals surface area contributed by atoms with E-state index >= 15 is 0 Å². The Morgan fingerprint density at radius 1 is 1.25 bits per heavy atom.